The second kappa shape index (κ2) is 7.94. The molecule has 0 aliphatic rings. The Hall–Kier alpha value is -1.63. The molecule has 0 N–H and O–H groups in total. The van der Waals surface area contributed by atoms with Gasteiger partial charge in [0.05, 0.1) is 17.2 Å². The summed E-state index contributed by atoms with van der Waals surface area (Å²) in [5.74, 6) is -0.123. The van der Waals surface area contributed by atoms with Gasteiger partial charge in [-0.2, -0.15) is 0 Å². The van der Waals surface area contributed by atoms with Crippen LogP contribution in [-0.4, -0.2) is 27.8 Å². The molecule has 26 heavy (non-hydrogen) atoms. The molecule has 1 aromatic carbocycles. The van der Waals surface area contributed by atoms with Crippen molar-refractivity contribution in [3.63, 3.8) is 0 Å². The van der Waals surface area contributed by atoms with Crippen LogP contribution in [0.2, 0.25) is 5.15 Å². The van der Waals surface area contributed by atoms with Crippen LogP contribution in [0.3, 0.4) is 0 Å². The SMILES string of the molecule is Cc1ccc(-c2csc3nc(SCC(=O)OC(C)C)nc(Cl)c23)c(C)c1. The second-order valence-corrected chi connectivity index (χ2v) is 8.43. The molecule has 0 saturated carbocycles. The van der Waals surface area contributed by atoms with Gasteiger partial charge in [0.1, 0.15) is 9.98 Å². The van der Waals surface area contributed by atoms with Gasteiger partial charge in [-0.1, -0.05) is 47.1 Å². The smallest absolute Gasteiger partial charge is 0.316 e. The maximum absolute atomic E-state index is 11.7. The minimum absolute atomic E-state index is 0.132. The van der Waals surface area contributed by atoms with E-state index < -0.39 is 0 Å². The molecular weight excluding hydrogens is 388 g/mol. The first-order valence-electron chi connectivity index (χ1n) is 8.19. The van der Waals surface area contributed by atoms with Crippen LogP contribution >= 0.6 is 34.7 Å². The van der Waals surface area contributed by atoms with Crippen LogP contribution < -0.4 is 0 Å². The Kier molecular flexibility index (Phi) is 5.85. The Morgan fingerprint density at radius 1 is 1.27 bits per heavy atom. The summed E-state index contributed by atoms with van der Waals surface area (Å²) in [4.78, 5) is 21.5. The number of rotatable bonds is 5. The van der Waals surface area contributed by atoms with E-state index >= 15 is 0 Å². The number of carbonyl (C=O) groups is 1. The van der Waals surface area contributed by atoms with Crippen LogP contribution in [0.4, 0.5) is 0 Å². The molecule has 0 aliphatic carbocycles. The molecule has 7 heteroatoms. The number of halogens is 1. The van der Waals surface area contributed by atoms with Crippen molar-refractivity contribution in [1.29, 1.82) is 0 Å². The van der Waals surface area contributed by atoms with Gasteiger partial charge in [-0.15, -0.1) is 11.3 Å². The molecular formula is C19H19ClN2O2S2. The summed E-state index contributed by atoms with van der Waals surface area (Å²) >= 11 is 9.23. The highest BCUT2D eigenvalue weighted by Crippen LogP contribution is 2.39. The summed E-state index contributed by atoms with van der Waals surface area (Å²) < 4.78 is 5.13. The molecule has 3 aromatic rings. The van der Waals surface area contributed by atoms with Gasteiger partial charge < -0.3 is 4.74 Å². The number of fused-ring (bicyclic) bond motifs is 1. The number of ether oxygens (including phenoxy) is 1. The zero-order valence-electron chi connectivity index (χ0n) is 15.0. The van der Waals surface area contributed by atoms with Crippen molar-refractivity contribution in [3.05, 3.63) is 39.9 Å². The van der Waals surface area contributed by atoms with Gasteiger partial charge in [0.2, 0.25) is 0 Å². The van der Waals surface area contributed by atoms with Crippen molar-refractivity contribution < 1.29 is 9.53 Å². The lowest BCUT2D eigenvalue weighted by Gasteiger charge is -2.08. The monoisotopic (exact) mass is 406 g/mol. The maximum Gasteiger partial charge on any atom is 0.316 e. The Balaban J connectivity index is 1.90. The van der Waals surface area contributed by atoms with Crippen molar-refractivity contribution in [1.82, 2.24) is 9.97 Å². The first kappa shape index (κ1) is 19.1. The highest BCUT2D eigenvalue weighted by Gasteiger charge is 2.16. The van der Waals surface area contributed by atoms with Crippen LogP contribution in [0.5, 0.6) is 0 Å². The number of aromatic nitrogens is 2. The molecule has 0 radical (unpaired) electrons. The summed E-state index contributed by atoms with van der Waals surface area (Å²) in [5, 5.41) is 3.81. The summed E-state index contributed by atoms with van der Waals surface area (Å²) in [7, 11) is 0. The lowest BCUT2D eigenvalue weighted by atomic mass is 9.99. The van der Waals surface area contributed by atoms with Gasteiger partial charge in [0, 0.05) is 10.9 Å². The molecule has 2 aromatic heterocycles. The number of esters is 1. The molecule has 4 nitrogen and oxygen atoms in total. The molecule has 0 spiro atoms. The summed E-state index contributed by atoms with van der Waals surface area (Å²) in [5.41, 5.74) is 4.59. The summed E-state index contributed by atoms with van der Waals surface area (Å²) in [6, 6.07) is 6.34. The fourth-order valence-electron chi connectivity index (χ4n) is 2.68. The topological polar surface area (TPSA) is 52.1 Å². The Labute approximate surface area is 166 Å². The number of thioether (sulfide) groups is 1. The number of thiophene rings is 1. The summed E-state index contributed by atoms with van der Waals surface area (Å²) in [6.07, 6.45) is -0.132. The van der Waals surface area contributed by atoms with Gasteiger partial charge >= 0.3 is 5.97 Å². The van der Waals surface area contributed by atoms with Crippen LogP contribution in [0.1, 0.15) is 25.0 Å². The molecule has 0 fully saturated rings. The van der Waals surface area contributed by atoms with Crippen LogP contribution in [0.15, 0.2) is 28.7 Å². The van der Waals surface area contributed by atoms with Crippen molar-refractivity contribution in [3.8, 4) is 11.1 Å². The van der Waals surface area contributed by atoms with Gasteiger partial charge in [-0.05, 0) is 38.8 Å². The molecule has 0 saturated heterocycles. The van der Waals surface area contributed by atoms with E-state index in [1.807, 2.05) is 13.8 Å². The average Bonchev–Trinajstić information content (AvgIpc) is 2.96. The molecule has 0 atom stereocenters. The van der Waals surface area contributed by atoms with E-state index in [9.17, 15) is 4.79 Å². The van der Waals surface area contributed by atoms with E-state index in [2.05, 4.69) is 47.4 Å². The third-order valence-electron chi connectivity index (χ3n) is 3.73. The average molecular weight is 407 g/mol. The zero-order chi connectivity index (χ0) is 18.8. The van der Waals surface area contributed by atoms with E-state index in [0.29, 0.717) is 10.3 Å². The van der Waals surface area contributed by atoms with E-state index in [1.54, 1.807) is 0 Å². The number of carbonyl (C=O) groups excluding carboxylic acids is 1. The molecule has 0 bridgehead atoms. The third-order valence-corrected chi connectivity index (χ3v) is 5.69. The Morgan fingerprint density at radius 3 is 2.73 bits per heavy atom. The van der Waals surface area contributed by atoms with E-state index in [4.69, 9.17) is 16.3 Å². The molecule has 0 unspecified atom stereocenters. The Morgan fingerprint density at radius 2 is 2.04 bits per heavy atom. The summed E-state index contributed by atoms with van der Waals surface area (Å²) in [6.45, 7) is 7.81. The Bertz CT molecular complexity index is 970. The molecule has 136 valence electrons. The number of aryl methyl sites for hydroxylation is 2. The molecule has 3 rings (SSSR count). The largest absolute Gasteiger partial charge is 0.462 e. The minimum atomic E-state index is -0.285. The standard InChI is InChI=1S/C19H19ClN2O2S2/c1-10(2)24-15(23)9-26-19-21-17(20)16-14(8-25-18(16)22-19)13-6-5-11(3)7-12(13)4/h5-8,10H,9H2,1-4H3. The van der Waals surface area contributed by atoms with Crippen molar-refractivity contribution in [2.45, 2.75) is 39.0 Å². The highest BCUT2D eigenvalue weighted by atomic mass is 35.5. The van der Waals surface area contributed by atoms with Gasteiger partial charge in [-0.25, -0.2) is 9.97 Å². The van der Waals surface area contributed by atoms with Crippen LogP contribution in [0, 0.1) is 13.8 Å². The minimum Gasteiger partial charge on any atom is -0.462 e. The molecule has 2 heterocycles. The lowest BCUT2D eigenvalue weighted by Crippen LogP contribution is -2.13. The number of hydrogen-bond acceptors (Lipinski definition) is 6. The number of benzene rings is 1. The maximum atomic E-state index is 11.7. The quantitative estimate of drug-likeness (QED) is 0.236. The van der Waals surface area contributed by atoms with Gasteiger partial charge in [0.15, 0.2) is 5.16 Å². The zero-order valence-corrected chi connectivity index (χ0v) is 17.4. The van der Waals surface area contributed by atoms with Crippen LogP contribution in [0.25, 0.3) is 21.3 Å². The third kappa shape index (κ3) is 4.19. The van der Waals surface area contributed by atoms with Crippen molar-refractivity contribution >= 4 is 50.9 Å². The highest BCUT2D eigenvalue weighted by molar-refractivity contribution is 7.99. The van der Waals surface area contributed by atoms with Gasteiger partial charge in [-0.3, -0.25) is 4.79 Å². The van der Waals surface area contributed by atoms with E-state index in [0.717, 1.165) is 21.3 Å². The number of nitrogens with zero attached hydrogens (tertiary/aromatic N) is 2. The molecule has 0 aliphatic heterocycles. The fraction of sp³-hybridized carbons (Fsp3) is 0.316. The molecule has 0 amide bonds. The lowest BCUT2D eigenvalue weighted by molar-refractivity contribution is -0.144. The predicted molar refractivity (Wildman–Crippen MR) is 109 cm³/mol. The fourth-order valence-corrected chi connectivity index (χ4v) is 4.68. The normalized spacial score (nSPS) is 11.3. The van der Waals surface area contributed by atoms with Gasteiger partial charge in [0.25, 0.3) is 0 Å². The first-order chi connectivity index (χ1) is 12.3. The predicted octanol–water partition coefficient (Wildman–Crippen LogP) is 5.67. The van der Waals surface area contributed by atoms with E-state index in [1.165, 1.54) is 34.2 Å². The van der Waals surface area contributed by atoms with E-state index in [-0.39, 0.29) is 17.8 Å². The van der Waals surface area contributed by atoms with Crippen molar-refractivity contribution in [2.24, 2.45) is 0 Å². The first-order valence-corrected chi connectivity index (χ1v) is 10.4. The second-order valence-electron chi connectivity index (χ2n) is 6.27. The van der Waals surface area contributed by atoms with Crippen LogP contribution in [-0.2, 0) is 9.53 Å². The number of hydrogen-bond donors (Lipinski definition) is 0. The van der Waals surface area contributed by atoms with Crippen molar-refractivity contribution in [2.75, 3.05) is 5.75 Å².